The lowest BCUT2D eigenvalue weighted by Crippen LogP contribution is -2.04. The van der Waals surface area contributed by atoms with Gasteiger partial charge in [-0.15, -0.1) is 0 Å². The predicted octanol–water partition coefficient (Wildman–Crippen LogP) is 1.24. The van der Waals surface area contributed by atoms with Crippen molar-refractivity contribution in [1.82, 2.24) is 4.98 Å². The molecule has 0 radical (unpaired) electrons. The average Bonchev–Trinajstić information content (AvgIpc) is 2.46. The lowest BCUT2D eigenvalue weighted by molar-refractivity contribution is -0.115. The fourth-order valence-corrected chi connectivity index (χ4v) is 1.48. The summed E-state index contributed by atoms with van der Waals surface area (Å²) in [6.07, 6.45) is 0.297. The van der Waals surface area contributed by atoms with E-state index >= 15 is 0 Å². The summed E-state index contributed by atoms with van der Waals surface area (Å²) >= 11 is 5.91. The highest BCUT2D eigenvalue weighted by molar-refractivity contribution is 6.32. The van der Waals surface area contributed by atoms with E-state index < -0.39 is 0 Å². The van der Waals surface area contributed by atoms with Crippen molar-refractivity contribution in [2.45, 2.75) is 6.42 Å². The van der Waals surface area contributed by atoms with E-state index in [0.29, 0.717) is 23.1 Å². The van der Waals surface area contributed by atoms with Crippen molar-refractivity contribution < 1.29 is 9.53 Å². The van der Waals surface area contributed by atoms with Gasteiger partial charge in [-0.1, -0.05) is 11.6 Å². The van der Waals surface area contributed by atoms with E-state index in [1.54, 1.807) is 6.07 Å². The van der Waals surface area contributed by atoms with Crippen LogP contribution in [0.1, 0.15) is 5.56 Å². The number of ether oxygens (including phenoxy) is 1. The molecule has 0 saturated carbocycles. The third-order valence-corrected chi connectivity index (χ3v) is 2.19. The first-order valence-corrected chi connectivity index (χ1v) is 4.12. The van der Waals surface area contributed by atoms with E-state index in [0.717, 1.165) is 5.56 Å². The Labute approximate surface area is 79.9 Å². The van der Waals surface area contributed by atoms with Crippen molar-refractivity contribution in [2.75, 3.05) is 12.4 Å². The van der Waals surface area contributed by atoms with E-state index in [2.05, 4.69) is 10.3 Å². The molecule has 0 aliphatic carbocycles. The smallest absolute Gasteiger partial charge is 0.230 e. The first-order chi connectivity index (χ1) is 6.20. The van der Waals surface area contributed by atoms with Crippen molar-refractivity contribution in [1.29, 1.82) is 0 Å². The average molecular weight is 199 g/mol. The molecular formula is C8H7ClN2O2. The van der Waals surface area contributed by atoms with Gasteiger partial charge in [0.1, 0.15) is 5.82 Å². The molecule has 1 aromatic heterocycles. The molecule has 1 amide bonds. The number of nitrogens with zero attached hydrogens (tertiary/aromatic N) is 1. The SMILES string of the molecule is COc1cc(Cl)c2c(n1)NC(=O)C2. The lowest BCUT2D eigenvalue weighted by atomic mass is 10.2. The molecule has 13 heavy (non-hydrogen) atoms. The molecule has 1 aromatic rings. The second-order valence-electron chi connectivity index (χ2n) is 2.70. The zero-order valence-corrected chi connectivity index (χ0v) is 7.68. The fourth-order valence-electron chi connectivity index (χ4n) is 1.23. The van der Waals surface area contributed by atoms with Crippen LogP contribution in [0.3, 0.4) is 0 Å². The Kier molecular flexibility index (Phi) is 1.84. The number of fused-ring (bicyclic) bond motifs is 1. The van der Waals surface area contributed by atoms with Gasteiger partial charge in [-0.05, 0) is 0 Å². The van der Waals surface area contributed by atoms with Gasteiger partial charge in [0.15, 0.2) is 0 Å². The Morgan fingerprint density at radius 3 is 3.15 bits per heavy atom. The molecular weight excluding hydrogens is 192 g/mol. The van der Waals surface area contributed by atoms with Crippen LogP contribution in [0.4, 0.5) is 5.82 Å². The maximum Gasteiger partial charge on any atom is 0.230 e. The number of carbonyl (C=O) groups is 1. The second-order valence-corrected chi connectivity index (χ2v) is 3.11. The minimum atomic E-state index is -0.0855. The summed E-state index contributed by atoms with van der Waals surface area (Å²) in [5.74, 6) is 0.831. The van der Waals surface area contributed by atoms with Crippen LogP contribution in [-0.4, -0.2) is 18.0 Å². The number of carbonyl (C=O) groups excluding carboxylic acids is 1. The quantitative estimate of drug-likeness (QED) is 0.739. The number of amides is 1. The maximum atomic E-state index is 11.0. The van der Waals surface area contributed by atoms with Gasteiger partial charge in [-0.25, -0.2) is 0 Å². The van der Waals surface area contributed by atoms with Gasteiger partial charge in [0.05, 0.1) is 18.6 Å². The second kappa shape index (κ2) is 2.88. The van der Waals surface area contributed by atoms with Crippen molar-refractivity contribution in [3.8, 4) is 5.88 Å². The zero-order valence-electron chi connectivity index (χ0n) is 6.93. The molecule has 2 heterocycles. The molecule has 1 N–H and O–H groups in total. The largest absolute Gasteiger partial charge is 0.481 e. The molecule has 1 aliphatic heterocycles. The van der Waals surface area contributed by atoms with Crippen molar-refractivity contribution in [3.05, 3.63) is 16.7 Å². The number of aromatic nitrogens is 1. The number of hydrogen-bond acceptors (Lipinski definition) is 3. The number of halogens is 1. The van der Waals surface area contributed by atoms with Gasteiger partial charge >= 0.3 is 0 Å². The number of nitrogens with one attached hydrogen (secondary N) is 1. The van der Waals surface area contributed by atoms with Crippen LogP contribution in [0.2, 0.25) is 5.02 Å². The monoisotopic (exact) mass is 198 g/mol. The summed E-state index contributed by atoms with van der Waals surface area (Å²) in [6, 6.07) is 1.60. The molecule has 0 spiro atoms. The minimum absolute atomic E-state index is 0.0855. The molecule has 68 valence electrons. The van der Waals surface area contributed by atoms with Crippen LogP contribution < -0.4 is 10.1 Å². The summed E-state index contributed by atoms with van der Waals surface area (Å²) in [7, 11) is 1.50. The molecule has 0 bridgehead atoms. The van der Waals surface area contributed by atoms with Gasteiger partial charge < -0.3 is 10.1 Å². The highest BCUT2D eigenvalue weighted by Gasteiger charge is 2.22. The van der Waals surface area contributed by atoms with Crippen LogP contribution in [0, 0.1) is 0 Å². The van der Waals surface area contributed by atoms with Gasteiger partial charge in [0, 0.05) is 11.6 Å². The van der Waals surface area contributed by atoms with Crippen LogP contribution in [-0.2, 0) is 11.2 Å². The molecule has 0 fully saturated rings. The molecule has 0 saturated heterocycles. The topological polar surface area (TPSA) is 51.2 Å². The standard InChI is InChI=1S/C8H7ClN2O2/c1-13-7-3-5(9)4-2-6(12)10-8(4)11-7/h3H,2H2,1H3,(H,10,11,12). The number of pyridine rings is 1. The lowest BCUT2D eigenvalue weighted by Gasteiger charge is -2.03. The fraction of sp³-hybridized carbons (Fsp3) is 0.250. The van der Waals surface area contributed by atoms with Crippen LogP contribution in [0.15, 0.2) is 6.07 Å². The molecule has 1 aliphatic rings. The highest BCUT2D eigenvalue weighted by Crippen LogP contribution is 2.30. The summed E-state index contributed by atoms with van der Waals surface area (Å²) in [5, 5.41) is 3.11. The maximum absolute atomic E-state index is 11.0. The molecule has 0 aromatic carbocycles. The molecule has 0 unspecified atom stereocenters. The molecule has 5 heteroatoms. The minimum Gasteiger partial charge on any atom is -0.481 e. The van der Waals surface area contributed by atoms with Crippen LogP contribution in [0.25, 0.3) is 0 Å². The van der Waals surface area contributed by atoms with E-state index in [9.17, 15) is 4.79 Å². The summed E-state index contributed by atoms with van der Waals surface area (Å²) in [4.78, 5) is 15.0. The Balaban J connectivity index is 2.52. The van der Waals surface area contributed by atoms with E-state index in [1.807, 2.05) is 0 Å². The first-order valence-electron chi connectivity index (χ1n) is 3.74. The Bertz CT molecular complexity index is 379. The molecule has 0 atom stereocenters. The molecule has 2 rings (SSSR count). The van der Waals surface area contributed by atoms with Gasteiger partial charge in [-0.3, -0.25) is 4.79 Å². The van der Waals surface area contributed by atoms with Crippen molar-refractivity contribution >= 4 is 23.3 Å². The van der Waals surface area contributed by atoms with Crippen LogP contribution in [0.5, 0.6) is 5.88 Å². The normalized spacial score (nSPS) is 13.8. The van der Waals surface area contributed by atoms with E-state index in [-0.39, 0.29) is 5.91 Å². The number of methoxy groups -OCH3 is 1. The summed E-state index contributed by atoms with van der Waals surface area (Å²) < 4.78 is 4.91. The number of rotatable bonds is 1. The third-order valence-electron chi connectivity index (χ3n) is 1.85. The van der Waals surface area contributed by atoms with E-state index in [4.69, 9.17) is 16.3 Å². The third kappa shape index (κ3) is 1.33. The van der Waals surface area contributed by atoms with Crippen molar-refractivity contribution in [3.63, 3.8) is 0 Å². The van der Waals surface area contributed by atoms with E-state index in [1.165, 1.54) is 7.11 Å². The Morgan fingerprint density at radius 2 is 2.46 bits per heavy atom. The Hall–Kier alpha value is -1.29. The van der Waals surface area contributed by atoms with Crippen LogP contribution >= 0.6 is 11.6 Å². The summed E-state index contributed by atoms with van der Waals surface area (Å²) in [6.45, 7) is 0. The predicted molar refractivity (Wildman–Crippen MR) is 48.1 cm³/mol. The van der Waals surface area contributed by atoms with Gasteiger partial charge in [0.25, 0.3) is 0 Å². The first kappa shape index (κ1) is 8.31. The zero-order chi connectivity index (χ0) is 9.42. The van der Waals surface area contributed by atoms with Gasteiger partial charge in [-0.2, -0.15) is 4.98 Å². The summed E-state index contributed by atoms with van der Waals surface area (Å²) in [5.41, 5.74) is 0.743. The highest BCUT2D eigenvalue weighted by atomic mass is 35.5. The van der Waals surface area contributed by atoms with Gasteiger partial charge in [0.2, 0.25) is 11.8 Å². The molecule has 4 nitrogen and oxygen atoms in total. The van der Waals surface area contributed by atoms with Crippen molar-refractivity contribution in [2.24, 2.45) is 0 Å². The number of anilines is 1. The number of hydrogen-bond donors (Lipinski definition) is 1. The Morgan fingerprint density at radius 1 is 1.69 bits per heavy atom.